The normalized spacial score (nSPS) is 12.1. The lowest BCUT2D eigenvalue weighted by Gasteiger charge is -2.29. The number of hydrogen-bond acceptors (Lipinski definition) is 3. The van der Waals surface area contributed by atoms with Crippen LogP contribution in [0.5, 0.6) is 0 Å². The van der Waals surface area contributed by atoms with Gasteiger partial charge in [0.25, 0.3) is 0 Å². The zero-order chi connectivity index (χ0) is 12.7. The Morgan fingerprint density at radius 3 is 2.71 bits per heavy atom. The molecule has 3 heteroatoms. The van der Waals surface area contributed by atoms with Crippen molar-refractivity contribution < 1.29 is 0 Å². The van der Waals surface area contributed by atoms with Gasteiger partial charge in [0, 0.05) is 31.4 Å². The lowest BCUT2D eigenvalue weighted by atomic mass is 9.89. The summed E-state index contributed by atoms with van der Waals surface area (Å²) in [6.07, 6.45) is 3.94. The van der Waals surface area contributed by atoms with Crippen LogP contribution in [0, 0.1) is 5.41 Å². The van der Waals surface area contributed by atoms with Crippen molar-refractivity contribution in [3.63, 3.8) is 0 Å². The molecule has 1 aromatic rings. The van der Waals surface area contributed by atoms with E-state index >= 15 is 0 Å². The minimum absolute atomic E-state index is 0.299. The lowest BCUT2D eigenvalue weighted by molar-refractivity contribution is 0.202. The molecule has 0 aliphatic carbocycles. The predicted molar refractivity (Wildman–Crippen MR) is 72.9 cm³/mol. The molecular weight excluding hydrogens is 210 g/mol. The van der Waals surface area contributed by atoms with Gasteiger partial charge in [-0.05, 0) is 37.6 Å². The smallest absolute Gasteiger partial charge is 0.0416 e. The summed E-state index contributed by atoms with van der Waals surface area (Å²) in [5, 5.41) is 0. The minimum atomic E-state index is 0.299. The van der Waals surface area contributed by atoms with Gasteiger partial charge in [0.1, 0.15) is 0 Å². The van der Waals surface area contributed by atoms with E-state index < -0.39 is 0 Å². The Hall–Kier alpha value is -0.930. The maximum Gasteiger partial charge on any atom is 0.0416 e. The summed E-state index contributed by atoms with van der Waals surface area (Å²) in [6.45, 7) is 7.44. The average Bonchev–Trinajstić information content (AvgIpc) is 2.27. The molecule has 0 saturated heterocycles. The van der Waals surface area contributed by atoms with Crippen molar-refractivity contribution in [3.05, 3.63) is 30.1 Å². The molecule has 0 fully saturated rings. The van der Waals surface area contributed by atoms with E-state index in [-0.39, 0.29) is 0 Å². The zero-order valence-electron chi connectivity index (χ0n) is 11.3. The third kappa shape index (κ3) is 5.80. The lowest BCUT2D eigenvalue weighted by Crippen LogP contribution is -2.34. The highest BCUT2D eigenvalue weighted by atomic mass is 15.1. The van der Waals surface area contributed by atoms with E-state index in [0.29, 0.717) is 5.41 Å². The topological polar surface area (TPSA) is 42.2 Å². The molecule has 2 N–H and O–H groups in total. The summed E-state index contributed by atoms with van der Waals surface area (Å²) >= 11 is 0. The Morgan fingerprint density at radius 2 is 2.12 bits per heavy atom. The molecular formula is C14H25N3. The van der Waals surface area contributed by atoms with E-state index in [0.717, 1.165) is 38.2 Å². The van der Waals surface area contributed by atoms with Gasteiger partial charge in [-0.15, -0.1) is 0 Å². The van der Waals surface area contributed by atoms with Crippen LogP contribution in [0.1, 0.15) is 26.0 Å². The molecule has 0 aromatic carbocycles. The van der Waals surface area contributed by atoms with Gasteiger partial charge in [-0.25, -0.2) is 0 Å². The van der Waals surface area contributed by atoms with Gasteiger partial charge < -0.3 is 10.6 Å². The van der Waals surface area contributed by atoms with Crippen LogP contribution in [-0.4, -0.2) is 36.6 Å². The number of aromatic nitrogens is 1. The molecule has 1 aromatic heterocycles. The van der Waals surface area contributed by atoms with Crippen LogP contribution in [0.15, 0.2) is 24.4 Å². The Kier molecular flexibility index (Phi) is 5.59. The number of nitrogens with two attached hydrogens (primary N) is 1. The summed E-state index contributed by atoms with van der Waals surface area (Å²) in [5.74, 6) is 0. The van der Waals surface area contributed by atoms with Gasteiger partial charge in [0.15, 0.2) is 0 Å². The minimum Gasteiger partial charge on any atom is -0.330 e. The second-order valence-electron chi connectivity index (χ2n) is 5.51. The molecule has 0 spiro atoms. The first-order valence-electron chi connectivity index (χ1n) is 6.32. The van der Waals surface area contributed by atoms with Crippen LogP contribution < -0.4 is 5.73 Å². The maximum absolute atomic E-state index is 5.63. The quantitative estimate of drug-likeness (QED) is 0.785. The van der Waals surface area contributed by atoms with Crippen LogP contribution in [0.4, 0.5) is 0 Å². The first-order chi connectivity index (χ1) is 8.03. The number of nitrogens with zero attached hydrogens (tertiary/aromatic N) is 2. The summed E-state index contributed by atoms with van der Waals surface area (Å²) in [4.78, 5) is 6.70. The number of hydrogen-bond donors (Lipinski definition) is 1. The van der Waals surface area contributed by atoms with Crippen molar-refractivity contribution in [1.29, 1.82) is 0 Å². The SMILES string of the molecule is CN(CCc1ccccn1)CC(C)(C)CCN. The Labute approximate surface area is 105 Å². The highest BCUT2D eigenvalue weighted by Gasteiger charge is 2.18. The highest BCUT2D eigenvalue weighted by molar-refractivity contribution is 5.03. The van der Waals surface area contributed by atoms with Gasteiger partial charge in [-0.2, -0.15) is 0 Å². The zero-order valence-corrected chi connectivity index (χ0v) is 11.3. The van der Waals surface area contributed by atoms with Gasteiger partial charge in [0.05, 0.1) is 0 Å². The van der Waals surface area contributed by atoms with Gasteiger partial charge in [-0.1, -0.05) is 19.9 Å². The molecule has 0 aliphatic rings. The monoisotopic (exact) mass is 235 g/mol. The second kappa shape index (κ2) is 6.72. The molecule has 1 rings (SSSR count). The molecule has 0 radical (unpaired) electrons. The standard InChI is InChI=1S/C14H25N3/c1-14(2,8-9-15)12-17(3)11-7-13-6-4-5-10-16-13/h4-6,10H,7-9,11-12,15H2,1-3H3. The van der Waals surface area contributed by atoms with E-state index in [1.54, 1.807) is 0 Å². The third-order valence-electron chi connectivity index (χ3n) is 2.99. The fourth-order valence-corrected chi connectivity index (χ4v) is 2.13. The van der Waals surface area contributed by atoms with Gasteiger partial charge in [-0.3, -0.25) is 4.98 Å². The largest absolute Gasteiger partial charge is 0.330 e. The van der Waals surface area contributed by atoms with Crippen molar-refractivity contribution in [3.8, 4) is 0 Å². The molecule has 0 aliphatic heterocycles. The first kappa shape index (κ1) is 14.1. The molecule has 0 atom stereocenters. The second-order valence-corrected chi connectivity index (χ2v) is 5.51. The predicted octanol–water partition coefficient (Wildman–Crippen LogP) is 1.93. The average molecular weight is 235 g/mol. The Bertz CT molecular complexity index is 309. The van der Waals surface area contributed by atoms with Crippen LogP contribution in [0.3, 0.4) is 0 Å². The third-order valence-corrected chi connectivity index (χ3v) is 2.99. The fourth-order valence-electron chi connectivity index (χ4n) is 2.13. The summed E-state index contributed by atoms with van der Waals surface area (Å²) < 4.78 is 0. The summed E-state index contributed by atoms with van der Waals surface area (Å²) in [7, 11) is 2.17. The van der Waals surface area contributed by atoms with Crippen LogP contribution in [0.25, 0.3) is 0 Å². The maximum atomic E-state index is 5.63. The van der Waals surface area contributed by atoms with E-state index in [2.05, 4.69) is 36.8 Å². The Balaban J connectivity index is 2.33. The van der Waals surface area contributed by atoms with Gasteiger partial charge in [0.2, 0.25) is 0 Å². The van der Waals surface area contributed by atoms with Crippen molar-refractivity contribution in [1.82, 2.24) is 9.88 Å². The number of likely N-dealkylation sites (N-methyl/N-ethyl adjacent to an activating group) is 1. The van der Waals surface area contributed by atoms with Crippen LogP contribution in [0.2, 0.25) is 0 Å². The number of pyridine rings is 1. The first-order valence-corrected chi connectivity index (χ1v) is 6.32. The van der Waals surface area contributed by atoms with Crippen molar-refractivity contribution in [2.45, 2.75) is 26.7 Å². The molecule has 3 nitrogen and oxygen atoms in total. The molecule has 17 heavy (non-hydrogen) atoms. The fraction of sp³-hybridized carbons (Fsp3) is 0.643. The molecule has 0 unspecified atom stereocenters. The van der Waals surface area contributed by atoms with E-state index in [1.165, 1.54) is 0 Å². The van der Waals surface area contributed by atoms with Crippen molar-refractivity contribution in [2.24, 2.45) is 11.1 Å². The van der Waals surface area contributed by atoms with Crippen molar-refractivity contribution in [2.75, 3.05) is 26.7 Å². The van der Waals surface area contributed by atoms with E-state index in [9.17, 15) is 0 Å². The summed E-state index contributed by atoms with van der Waals surface area (Å²) in [5.41, 5.74) is 7.09. The highest BCUT2D eigenvalue weighted by Crippen LogP contribution is 2.20. The molecule has 0 bridgehead atoms. The van der Waals surface area contributed by atoms with E-state index in [1.807, 2.05) is 18.3 Å². The van der Waals surface area contributed by atoms with E-state index in [4.69, 9.17) is 5.73 Å². The molecule has 0 saturated carbocycles. The Morgan fingerprint density at radius 1 is 1.35 bits per heavy atom. The molecule has 0 amide bonds. The number of rotatable bonds is 7. The molecule has 96 valence electrons. The summed E-state index contributed by atoms with van der Waals surface area (Å²) in [6, 6.07) is 6.08. The van der Waals surface area contributed by atoms with Crippen LogP contribution >= 0.6 is 0 Å². The van der Waals surface area contributed by atoms with Crippen molar-refractivity contribution >= 4 is 0 Å². The van der Waals surface area contributed by atoms with Crippen LogP contribution in [-0.2, 0) is 6.42 Å². The van der Waals surface area contributed by atoms with Gasteiger partial charge >= 0.3 is 0 Å². The molecule has 1 heterocycles.